The maximum Gasteiger partial charge on any atom is 0.387 e. The molecule has 0 aliphatic heterocycles. The molecule has 3 nitrogen and oxygen atoms in total. The predicted octanol–water partition coefficient (Wildman–Crippen LogP) is 3.13. The molecule has 16 heavy (non-hydrogen) atoms. The van der Waals surface area contributed by atoms with Gasteiger partial charge in [-0.3, -0.25) is 0 Å². The molecule has 0 amide bonds. The molecular formula is C10H7ClF2N2O. The number of aromatic nitrogens is 2. The molecule has 0 saturated carbocycles. The van der Waals surface area contributed by atoms with Gasteiger partial charge in [0.05, 0.1) is 10.7 Å². The number of alkyl halides is 2. The molecule has 0 unspecified atom stereocenters. The predicted molar refractivity (Wildman–Crippen MR) is 55.2 cm³/mol. The monoisotopic (exact) mass is 244 g/mol. The lowest BCUT2D eigenvalue weighted by molar-refractivity contribution is -0.0497. The number of rotatable bonds is 3. The first kappa shape index (κ1) is 10.9. The van der Waals surface area contributed by atoms with Crippen LogP contribution in [0.15, 0.2) is 36.7 Å². The number of nitrogens with zero attached hydrogens (tertiary/aromatic N) is 2. The number of benzene rings is 1. The summed E-state index contributed by atoms with van der Waals surface area (Å²) in [6, 6.07) is 6.23. The Kier molecular flexibility index (Phi) is 3.05. The van der Waals surface area contributed by atoms with Crippen molar-refractivity contribution in [3.63, 3.8) is 0 Å². The van der Waals surface area contributed by atoms with E-state index in [-0.39, 0.29) is 10.8 Å². The van der Waals surface area contributed by atoms with Gasteiger partial charge in [-0.15, -0.1) is 0 Å². The van der Waals surface area contributed by atoms with Gasteiger partial charge in [0.25, 0.3) is 0 Å². The Morgan fingerprint density at radius 1 is 1.38 bits per heavy atom. The van der Waals surface area contributed by atoms with E-state index in [9.17, 15) is 8.78 Å². The average Bonchev–Trinajstić information content (AvgIpc) is 2.73. The number of hydrogen-bond acceptors (Lipinski definition) is 2. The Morgan fingerprint density at radius 3 is 2.75 bits per heavy atom. The van der Waals surface area contributed by atoms with Crippen LogP contribution in [0.5, 0.6) is 5.75 Å². The summed E-state index contributed by atoms with van der Waals surface area (Å²) in [5.41, 5.74) is 0.677. The molecule has 6 heteroatoms. The highest BCUT2D eigenvalue weighted by molar-refractivity contribution is 6.32. The molecule has 1 aromatic carbocycles. The molecule has 0 aliphatic carbocycles. The van der Waals surface area contributed by atoms with Crippen LogP contribution >= 0.6 is 11.6 Å². The third-order valence-electron chi connectivity index (χ3n) is 1.90. The van der Waals surface area contributed by atoms with Crippen molar-refractivity contribution in [1.29, 1.82) is 0 Å². The molecule has 1 heterocycles. The van der Waals surface area contributed by atoms with Gasteiger partial charge < -0.3 is 4.74 Å². The van der Waals surface area contributed by atoms with Gasteiger partial charge in [-0.25, -0.2) is 4.68 Å². The molecule has 0 N–H and O–H groups in total. The summed E-state index contributed by atoms with van der Waals surface area (Å²) in [7, 11) is 0. The molecular weight excluding hydrogens is 238 g/mol. The summed E-state index contributed by atoms with van der Waals surface area (Å²) >= 11 is 5.79. The average molecular weight is 245 g/mol. The Labute approximate surface area is 95.2 Å². The molecule has 1 aromatic heterocycles. The molecule has 84 valence electrons. The van der Waals surface area contributed by atoms with Gasteiger partial charge in [-0.2, -0.15) is 13.9 Å². The second kappa shape index (κ2) is 4.49. The van der Waals surface area contributed by atoms with E-state index in [2.05, 4.69) is 9.84 Å². The van der Waals surface area contributed by atoms with Crippen LogP contribution in [0.25, 0.3) is 5.69 Å². The van der Waals surface area contributed by atoms with Crippen LogP contribution in [0.2, 0.25) is 5.02 Å². The fourth-order valence-electron chi connectivity index (χ4n) is 1.25. The minimum absolute atomic E-state index is 0.0485. The number of halogens is 3. The van der Waals surface area contributed by atoms with E-state index in [1.165, 1.54) is 12.1 Å². The lowest BCUT2D eigenvalue weighted by atomic mass is 10.3. The van der Waals surface area contributed by atoms with Crippen molar-refractivity contribution in [1.82, 2.24) is 9.78 Å². The van der Waals surface area contributed by atoms with E-state index >= 15 is 0 Å². The molecule has 0 aliphatic rings. The maximum atomic E-state index is 12.0. The fourth-order valence-corrected chi connectivity index (χ4v) is 1.46. The first-order valence-corrected chi connectivity index (χ1v) is 4.79. The third kappa shape index (κ3) is 2.30. The number of hydrogen-bond donors (Lipinski definition) is 0. The maximum absolute atomic E-state index is 12.0. The molecule has 0 atom stereocenters. The van der Waals surface area contributed by atoms with E-state index in [0.29, 0.717) is 5.69 Å². The Balaban J connectivity index is 2.29. The van der Waals surface area contributed by atoms with Gasteiger partial charge in [-0.1, -0.05) is 11.6 Å². The molecule has 0 bridgehead atoms. The van der Waals surface area contributed by atoms with E-state index in [4.69, 9.17) is 11.6 Å². The summed E-state index contributed by atoms with van der Waals surface area (Å²) in [5, 5.41) is 4.11. The summed E-state index contributed by atoms with van der Waals surface area (Å²) in [6.45, 7) is -2.88. The summed E-state index contributed by atoms with van der Waals surface area (Å²) in [6.07, 6.45) is 3.33. The van der Waals surface area contributed by atoms with Crippen LogP contribution in [0.1, 0.15) is 0 Å². The molecule has 0 saturated heterocycles. The van der Waals surface area contributed by atoms with E-state index in [1.54, 1.807) is 29.2 Å². The number of ether oxygens (including phenoxy) is 1. The van der Waals surface area contributed by atoms with Crippen molar-refractivity contribution in [3.05, 3.63) is 41.7 Å². The molecule has 0 radical (unpaired) electrons. The largest absolute Gasteiger partial charge is 0.433 e. The Morgan fingerprint density at radius 2 is 2.19 bits per heavy atom. The lowest BCUT2D eigenvalue weighted by Gasteiger charge is -2.08. The highest BCUT2D eigenvalue weighted by atomic mass is 35.5. The van der Waals surface area contributed by atoms with Crippen LogP contribution < -0.4 is 4.74 Å². The molecule has 2 aromatic rings. The quantitative estimate of drug-likeness (QED) is 0.829. The zero-order chi connectivity index (χ0) is 11.5. The van der Waals surface area contributed by atoms with Gasteiger partial charge >= 0.3 is 6.61 Å². The normalized spacial score (nSPS) is 10.8. The molecule has 2 rings (SSSR count). The van der Waals surface area contributed by atoms with Crippen molar-refractivity contribution in [2.24, 2.45) is 0 Å². The SMILES string of the molecule is FC(F)Oc1ccc(-n2cccn2)cc1Cl. The van der Waals surface area contributed by atoms with Crippen LogP contribution in [0.3, 0.4) is 0 Å². The van der Waals surface area contributed by atoms with Gasteiger partial charge in [0, 0.05) is 12.4 Å². The third-order valence-corrected chi connectivity index (χ3v) is 2.20. The van der Waals surface area contributed by atoms with Crippen molar-refractivity contribution in [2.75, 3.05) is 0 Å². The van der Waals surface area contributed by atoms with E-state index in [0.717, 1.165) is 0 Å². The van der Waals surface area contributed by atoms with Crippen LogP contribution in [0, 0.1) is 0 Å². The smallest absolute Gasteiger partial charge is 0.387 e. The van der Waals surface area contributed by atoms with Crippen LogP contribution in [0.4, 0.5) is 8.78 Å². The van der Waals surface area contributed by atoms with Gasteiger partial charge in [0.15, 0.2) is 0 Å². The van der Waals surface area contributed by atoms with Crippen molar-refractivity contribution >= 4 is 11.6 Å². The summed E-state index contributed by atoms with van der Waals surface area (Å²) in [4.78, 5) is 0. The zero-order valence-corrected chi connectivity index (χ0v) is 8.73. The minimum atomic E-state index is -2.88. The van der Waals surface area contributed by atoms with Crippen LogP contribution in [-0.2, 0) is 0 Å². The van der Waals surface area contributed by atoms with Crippen LogP contribution in [-0.4, -0.2) is 16.4 Å². The van der Waals surface area contributed by atoms with Gasteiger partial charge in [-0.05, 0) is 24.3 Å². The summed E-state index contributed by atoms with van der Waals surface area (Å²) < 4.78 is 29.7. The molecule has 0 spiro atoms. The second-order valence-electron chi connectivity index (χ2n) is 2.94. The van der Waals surface area contributed by atoms with Crippen molar-refractivity contribution in [2.45, 2.75) is 6.61 Å². The molecule has 0 fully saturated rings. The lowest BCUT2D eigenvalue weighted by Crippen LogP contribution is -2.03. The van der Waals surface area contributed by atoms with E-state index < -0.39 is 6.61 Å². The zero-order valence-electron chi connectivity index (χ0n) is 7.98. The standard InChI is InChI=1S/C10H7ClF2N2O/c11-8-6-7(15-5-1-4-14-15)2-3-9(8)16-10(12)13/h1-6,10H. The Bertz CT molecular complexity index is 474. The van der Waals surface area contributed by atoms with Crippen molar-refractivity contribution in [3.8, 4) is 11.4 Å². The first-order valence-electron chi connectivity index (χ1n) is 4.41. The highest BCUT2D eigenvalue weighted by Crippen LogP contribution is 2.27. The minimum Gasteiger partial charge on any atom is -0.433 e. The highest BCUT2D eigenvalue weighted by Gasteiger charge is 2.09. The van der Waals surface area contributed by atoms with E-state index in [1.807, 2.05) is 0 Å². The first-order chi connectivity index (χ1) is 7.66. The van der Waals surface area contributed by atoms with Gasteiger partial charge in [0.2, 0.25) is 0 Å². The topological polar surface area (TPSA) is 27.1 Å². The second-order valence-corrected chi connectivity index (χ2v) is 3.35. The van der Waals surface area contributed by atoms with Crippen molar-refractivity contribution < 1.29 is 13.5 Å². The fraction of sp³-hybridized carbons (Fsp3) is 0.100. The van der Waals surface area contributed by atoms with Gasteiger partial charge in [0.1, 0.15) is 5.75 Å². The summed E-state index contributed by atoms with van der Waals surface area (Å²) in [5.74, 6) is -0.0485. The Hall–Kier alpha value is -1.62.